The van der Waals surface area contributed by atoms with Crippen molar-refractivity contribution < 1.29 is 17.9 Å². The Labute approximate surface area is 105 Å². The second-order valence-corrected chi connectivity index (χ2v) is 5.85. The number of esters is 1. The molecule has 0 saturated carbocycles. The Bertz CT molecular complexity index is 511. The Morgan fingerprint density at radius 3 is 3.06 bits per heavy atom. The lowest BCUT2D eigenvalue weighted by Gasteiger charge is -2.21. The highest BCUT2D eigenvalue weighted by atomic mass is 32.2. The van der Waals surface area contributed by atoms with E-state index >= 15 is 0 Å². The Morgan fingerprint density at radius 1 is 1.67 bits per heavy atom. The van der Waals surface area contributed by atoms with Gasteiger partial charge in [-0.25, -0.2) is 8.42 Å². The van der Waals surface area contributed by atoms with Crippen LogP contribution in [0.3, 0.4) is 0 Å². The number of nitrogens with zero attached hydrogens (tertiary/aromatic N) is 2. The molecule has 1 aromatic heterocycles. The first-order valence-corrected chi connectivity index (χ1v) is 7.18. The predicted molar refractivity (Wildman–Crippen MR) is 62.1 cm³/mol. The number of sulfonamides is 1. The van der Waals surface area contributed by atoms with Gasteiger partial charge in [-0.1, -0.05) is 0 Å². The molecule has 7 nitrogen and oxygen atoms in total. The SMILES string of the molecule is CCOC(=O)C1CCCN1S(=O)(=O)c1cn[nH]c1. The van der Waals surface area contributed by atoms with Gasteiger partial charge in [-0.15, -0.1) is 0 Å². The van der Waals surface area contributed by atoms with Crippen LogP contribution in [0.2, 0.25) is 0 Å². The maximum absolute atomic E-state index is 12.3. The average molecular weight is 273 g/mol. The van der Waals surface area contributed by atoms with Crippen LogP contribution in [0.1, 0.15) is 19.8 Å². The second-order valence-electron chi connectivity index (χ2n) is 3.96. The Hall–Kier alpha value is -1.41. The van der Waals surface area contributed by atoms with Gasteiger partial charge in [-0.05, 0) is 19.8 Å². The van der Waals surface area contributed by atoms with Crippen LogP contribution in [0.15, 0.2) is 17.3 Å². The average Bonchev–Trinajstić information content (AvgIpc) is 3.01. The van der Waals surface area contributed by atoms with Crippen LogP contribution in [-0.2, 0) is 19.6 Å². The molecule has 0 aromatic carbocycles. The Morgan fingerprint density at radius 2 is 2.44 bits per heavy atom. The number of H-pyrrole nitrogens is 1. The van der Waals surface area contributed by atoms with Gasteiger partial charge < -0.3 is 4.74 Å². The lowest BCUT2D eigenvalue weighted by atomic mass is 10.2. The zero-order chi connectivity index (χ0) is 13.2. The third-order valence-corrected chi connectivity index (χ3v) is 4.72. The summed E-state index contributed by atoms with van der Waals surface area (Å²) in [5.41, 5.74) is 0. The van der Waals surface area contributed by atoms with Gasteiger partial charge in [-0.3, -0.25) is 9.89 Å². The van der Waals surface area contributed by atoms with Crippen LogP contribution in [0.5, 0.6) is 0 Å². The zero-order valence-corrected chi connectivity index (χ0v) is 10.8. The molecule has 0 aliphatic carbocycles. The largest absolute Gasteiger partial charge is 0.465 e. The van der Waals surface area contributed by atoms with Gasteiger partial charge >= 0.3 is 5.97 Å². The summed E-state index contributed by atoms with van der Waals surface area (Å²) < 4.78 is 30.6. The van der Waals surface area contributed by atoms with E-state index in [0.717, 1.165) is 0 Å². The van der Waals surface area contributed by atoms with Crippen molar-refractivity contribution in [3.63, 3.8) is 0 Å². The van der Waals surface area contributed by atoms with Crippen molar-refractivity contribution >= 4 is 16.0 Å². The zero-order valence-electron chi connectivity index (χ0n) is 10.00. The van der Waals surface area contributed by atoms with E-state index in [1.807, 2.05) is 0 Å². The van der Waals surface area contributed by atoms with Crippen LogP contribution < -0.4 is 0 Å². The van der Waals surface area contributed by atoms with Crippen LogP contribution in [0, 0.1) is 0 Å². The molecule has 0 bridgehead atoms. The van der Waals surface area contributed by atoms with E-state index in [4.69, 9.17) is 4.74 Å². The van der Waals surface area contributed by atoms with Crippen molar-refractivity contribution in [2.75, 3.05) is 13.2 Å². The first kappa shape index (κ1) is 13.0. The van der Waals surface area contributed by atoms with E-state index in [0.29, 0.717) is 19.4 Å². The number of hydrogen-bond acceptors (Lipinski definition) is 5. The molecule has 0 radical (unpaired) electrons. The first-order valence-electron chi connectivity index (χ1n) is 5.74. The van der Waals surface area contributed by atoms with Gasteiger partial charge in [0.1, 0.15) is 10.9 Å². The van der Waals surface area contributed by atoms with Crippen LogP contribution in [0.4, 0.5) is 0 Å². The number of hydrogen-bond donors (Lipinski definition) is 1. The molecule has 0 spiro atoms. The summed E-state index contributed by atoms with van der Waals surface area (Å²) in [7, 11) is -3.67. The number of nitrogens with one attached hydrogen (secondary N) is 1. The molecule has 1 aromatic rings. The molecular weight excluding hydrogens is 258 g/mol. The summed E-state index contributed by atoms with van der Waals surface area (Å²) in [6.45, 7) is 2.27. The van der Waals surface area contributed by atoms with Crippen molar-refractivity contribution in [2.24, 2.45) is 0 Å². The number of aromatic nitrogens is 2. The summed E-state index contributed by atoms with van der Waals surface area (Å²) in [6.07, 6.45) is 3.68. The molecule has 8 heteroatoms. The van der Waals surface area contributed by atoms with Gasteiger partial charge in [-0.2, -0.15) is 9.40 Å². The number of ether oxygens (including phenoxy) is 1. The molecule has 2 rings (SSSR count). The molecule has 1 aliphatic heterocycles. The Kier molecular flexibility index (Phi) is 3.67. The lowest BCUT2D eigenvalue weighted by molar-refractivity contribution is -0.146. The van der Waals surface area contributed by atoms with Gasteiger partial charge in [0.15, 0.2) is 0 Å². The summed E-state index contributed by atoms with van der Waals surface area (Å²) in [4.78, 5) is 11.8. The fourth-order valence-electron chi connectivity index (χ4n) is 2.02. The lowest BCUT2D eigenvalue weighted by Crippen LogP contribution is -2.41. The standard InChI is InChI=1S/C10H15N3O4S/c1-2-17-10(14)9-4-3-5-13(9)18(15,16)8-6-11-12-7-8/h6-7,9H,2-5H2,1H3,(H,11,12). The molecule has 1 unspecified atom stereocenters. The maximum Gasteiger partial charge on any atom is 0.324 e. The first-order chi connectivity index (χ1) is 8.57. The maximum atomic E-state index is 12.3. The van der Waals surface area contributed by atoms with Gasteiger partial charge in [0.05, 0.1) is 12.8 Å². The molecular formula is C10H15N3O4S. The second kappa shape index (κ2) is 5.07. The van der Waals surface area contributed by atoms with E-state index < -0.39 is 22.0 Å². The molecule has 1 aliphatic rings. The van der Waals surface area contributed by atoms with Crippen molar-refractivity contribution in [1.29, 1.82) is 0 Å². The van der Waals surface area contributed by atoms with E-state index in [-0.39, 0.29) is 11.5 Å². The van der Waals surface area contributed by atoms with Crippen molar-refractivity contribution in [3.8, 4) is 0 Å². The Balaban J connectivity index is 2.24. The fourth-order valence-corrected chi connectivity index (χ4v) is 3.57. The highest BCUT2D eigenvalue weighted by molar-refractivity contribution is 7.89. The normalized spacial score (nSPS) is 21.1. The van der Waals surface area contributed by atoms with Crippen LogP contribution in [0.25, 0.3) is 0 Å². The molecule has 1 saturated heterocycles. The van der Waals surface area contributed by atoms with Crippen molar-refractivity contribution in [2.45, 2.75) is 30.7 Å². The predicted octanol–water partition coefficient (Wildman–Crippen LogP) is 0.126. The summed E-state index contributed by atoms with van der Waals surface area (Å²) in [5.74, 6) is -0.484. The molecule has 0 amide bonds. The summed E-state index contributed by atoms with van der Waals surface area (Å²) in [6, 6.07) is -0.718. The van der Waals surface area contributed by atoms with E-state index in [1.165, 1.54) is 16.7 Å². The topological polar surface area (TPSA) is 92.4 Å². The van der Waals surface area contributed by atoms with E-state index in [2.05, 4.69) is 10.2 Å². The number of carbonyl (C=O) groups is 1. The quantitative estimate of drug-likeness (QED) is 0.787. The molecule has 1 atom stereocenters. The molecule has 1 fully saturated rings. The summed E-state index contributed by atoms with van der Waals surface area (Å²) in [5, 5.41) is 6.08. The fraction of sp³-hybridized carbons (Fsp3) is 0.600. The minimum atomic E-state index is -3.67. The van der Waals surface area contributed by atoms with Gasteiger partial charge in [0.25, 0.3) is 0 Å². The third-order valence-electron chi connectivity index (χ3n) is 2.84. The smallest absolute Gasteiger partial charge is 0.324 e. The monoisotopic (exact) mass is 273 g/mol. The van der Waals surface area contributed by atoms with Crippen LogP contribution in [-0.4, -0.2) is 48.1 Å². The van der Waals surface area contributed by atoms with Gasteiger partial charge in [0, 0.05) is 12.7 Å². The van der Waals surface area contributed by atoms with E-state index in [1.54, 1.807) is 6.92 Å². The highest BCUT2D eigenvalue weighted by Gasteiger charge is 2.40. The highest BCUT2D eigenvalue weighted by Crippen LogP contribution is 2.26. The van der Waals surface area contributed by atoms with Crippen molar-refractivity contribution in [3.05, 3.63) is 12.4 Å². The van der Waals surface area contributed by atoms with Crippen LogP contribution >= 0.6 is 0 Å². The number of aromatic amines is 1. The minimum absolute atomic E-state index is 0.0682. The molecule has 2 heterocycles. The number of carbonyl (C=O) groups excluding carboxylic acids is 1. The summed E-state index contributed by atoms with van der Waals surface area (Å²) >= 11 is 0. The molecule has 100 valence electrons. The van der Waals surface area contributed by atoms with Crippen molar-refractivity contribution in [1.82, 2.24) is 14.5 Å². The molecule has 18 heavy (non-hydrogen) atoms. The third kappa shape index (κ3) is 2.25. The minimum Gasteiger partial charge on any atom is -0.465 e. The molecule has 1 N–H and O–H groups in total. The van der Waals surface area contributed by atoms with E-state index in [9.17, 15) is 13.2 Å². The van der Waals surface area contributed by atoms with Gasteiger partial charge in [0.2, 0.25) is 10.0 Å². The number of rotatable bonds is 4.